The first-order valence-electron chi connectivity index (χ1n) is 6.73. The summed E-state index contributed by atoms with van der Waals surface area (Å²) >= 11 is 0.899. The highest BCUT2D eigenvalue weighted by Gasteiger charge is 2.31. The molecule has 1 aliphatic carbocycles. The lowest BCUT2D eigenvalue weighted by Crippen LogP contribution is -2.37. The van der Waals surface area contributed by atoms with E-state index in [1.807, 2.05) is 0 Å². The van der Waals surface area contributed by atoms with Gasteiger partial charge >= 0.3 is 11.0 Å². The molecule has 0 bridgehead atoms. The molecule has 114 valence electrons. The van der Waals surface area contributed by atoms with E-state index in [1.165, 1.54) is 11.4 Å². The van der Waals surface area contributed by atoms with Crippen LogP contribution in [0.25, 0.3) is 0 Å². The Bertz CT molecular complexity index is 557. The second-order valence-electron chi connectivity index (χ2n) is 5.13. The van der Waals surface area contributed by atoms with Crippen LogP contribution in [0.1, 0.15) is 36.0 Å². The molecule has 1 fully saturated rings. The number of nitrogens with zero attached hydrogens (tertiary/aromatic N) is 1. The number of thiophene rings is 1. The number of hydrogen-bond donors (Lipinski definition) is 2. The zero-order valence-corrected chi connectivity index (χ0v) is 12.1. The van der Waals surface area contributed by atoms with Gasteiger partial charge in [0.15, 0.2) is 0 Å². The predicted molar refractivity (Wildman–Crippen MR) is 76.4 cm³/mol. The maximum atomic E-state index is 11.9. The zero-order chi connectivity index (χ0) is 15.4. The van der Waals surface area contributed by atoms with Gasteiger partial charge in [-0.15, -0.1) is 0 Å². The van der Waals surface area contributed by atoms with Crippen LogP contribution in [0.2, 0.25) is 0 Å². The number of carbonyl (C=O) groups excluding carboxylic acids is 1. The summed E-state index contributed by atoms with van der Waals surface area (Å²) < 4.78 is 0. The average Bonchev–Trinajstić information content (AvgIpc) is 2.95. The van der Waals surface area contributed by atoms with Gasteiger partial charge in [-0.2, -0.15) is 0 Å². The van der Waals surface area contributed by atoms with E-state index in [0.29, 0.717) is 13.0 Å². The number of aliphatic carboxylic acids is 1. The fourth-order valence-corrected chi connectivity index (χ4v) is 3.35. The Labute approximate surface area is 125 Å². The highest BCUT2D eigenvalue weighted by atomic mass is 32.1. The Morgan fingerprint density at radius 1 is 1.43 bits per heavy atom. The van der Waals surface area contributed by atoms with Gasteiger partial charge in [-0.1, -0.05) is 24.2 Å². The maximum absolute atomic E-state index is 11.9. The molecular formula is C13H16N2O5S. The first-order valence-corrected chi connectivity index (χ1v) is 7.61. The topological polar surface area (TPSA) is 110 Å². The molecule has 8 heteroatoms. The fraction of sp³-hybridized carbons (Fsp3) is 0.538. The Morgan fingerprint density at radius 3 is 2.76 bits per heavy atom. The number of nitrogens with one attached hydrogen (secondary N) is 1. The van der Waals surface area contributed by atoms with Crippen molar-refractivity contribution in [1.82, 2.24) is 5.32 Å². The molecule has 2 rings (SSSR count). The lowest BCUT2D eigenvalue weighted by Gasteiger charge is -2.28. The molecule has 1 aromatic rings. The van der Waals surface area contributed by atoms with Crippen LogP contribution in [0.3, 0.4) is 0 Å². The van der Waals surface area contributed by atoms with Crippen molar-refractivity contribution >= 4 is 28.2 Å². The molecule has 2 unspecified atom stereocenters. The van der Waals surface area contributed by atoms with Crippen LogP contribution in [0, 0.1) is 22.0 Å². The summed E-state index contributed by atoms with van der Waals surface area (Å²) in [6, 6.07) is 1.23. The van der Waals surface area contributed by atoms with Crippen molar-refractivity contribution in [3.63, 3.8) is 0 Å². The molecule has 1 saturated carbocycles. The first-order chi connectivity index (χ1) is 9.99. The number of amides is 1. The van der Waals surface area contributed by atoms with Crippen LogP contribution in [0.5, 0.6) is 0 Å². The molecule has 2 N–H and O–H groups in total. The SMILES string of the molecule is O=C(NCC1CCCCC1C(=O)O)c1csc([N+](=O)[O-])c1. The smallest absolute Gasteiger partial charge is 0.324 e. The molecule has 0 radical (unpaired) electrons. The standard InChI is InChI=1S/C13H16N2O5S/c16-12(9-5-11(15(19)20)21-7-9)14-6-8-3-1-2-4-10(8)13(17)18/h5,7-8,10H,1-4,6H2,(H,14,16)(H,17,18). The van der Waals surface area contributed by atoms with Gasteiger partial charge in [0.05, 0.1) is 16.4 Å². The molecule has 1 aromatic heterocycles. The van der Waals surface area contributed by atoms with Crippen LogP contribution in [-0.4, -0.2) is 28.5 Å². The minimum absolute atomic E-state index is 0.0752. The van der Waals surface area contributed by atoms with E-state index >= 15 is 0 Å². The van der Waals surface area contributed by atoms with Crippen LogP contribution in [0.4, 0.5) is 5.00 Å². The third-order valence-electron chi connectivity index (χ3n) is 3.78. The number of carbonyl (C=O) groups is 2. The lowest BCUT2D eigenvalue weighted by atomic mass is 9.79. The minimum atomic E-state index is -0.819. The number of nitro groups is 1. The van der Waals surface area contributed by atoms with Crippen LogP contribution >= 0.6 is 11.3 Å². The van der Waals surface area contributed by atoms with Crippen molar-refractivity contribution in [2.24, 2.45) is 11.8 Å². The molecule has 0 spiro atoms. The summed E-state index contributed by atoms with van der Waals surface area (Å²) in [5, 5.41) is 23.8. The second-order valence-corrected chi connectivity index (χ2v) is 6.02. The molecule has 21 heavy (non-hydrogen) atoms. The van der Waals surface area contributed by atoms with Crippen molar-refractivity contribution in [2.45, 2.75) is 25.7 Å². The van der Waals surface area contributed by atoms with Gasteiger partial charge in [0, 0.05) is 18.0 Å². The van der Waals surface area contributed by atoms with E-state index in [0.717, 1.165) is 30.6 Å². The van der Waals surface area contributed by atoms with Crippen molar-refractivity contribution in [1.29, 1.82) is 0 Å². The van der Waals surface area contributed by atoms with Crippen LogP contribution < -0.4 is 5.32 Å². The monoisotopic (exact) mass is 312 g/mol. The van der Waals surface area contributed by atoms with Crippen LogP contribution in [0.15, 0.2) is 11.4 Å². The second kappa shape index (κ2) is 6.66. The molecule has 1 aliphatic rings. The summed E-state index contributed by atoms with van der Waals surface area (Å²) in [5.74, 6) is -1.71. The van der Waals surface area contributed by atoms with Crippen molar-refractivity contribution in [2.75, 3.05) is 6.54 Å². The first kappa shape index (κ1) is 15.4. The predicted octanol–water partition coefficient (Wildman–Crippen LogP) is 2.28. The van der Waals surface area contributed by atoms with E-state index in [1.54, 1.807) is 0 Å². The highest BCUT2D eigenvalue weighted by Crippen LogP contribution is 2.30. The number of hydrogen-bond acceptors (Lipinski definition) is 5. The van der Waals surface area contributed by atoms with E-state index in [2.05, 4.69) is 5.32 Å². The molecular weight excluding hydrogens is 296 g/mol. The molecule has 0 saturated heterocycles. The molecule has 0 aliphatic heterocycles. The minimum Gasteiger partial charge on any atom is -0.481 e. The maximum Gasteiger partial charge on any atom is 0.324 e. The van der Waals surface area contributed by atoms with E-state index < -0.39 is 22.7 Å². The Kier molecular flexibility index (Phi) is 4.89. The van der Waals surface area contributed by atoms with Gasteiger partial charge in [0.25, 0.3) is 5.91 Å². The Morgan fingerprint density at radius 2 is 2.14 bits per heavy atom. The number of rotatable bonds is 5. The van der Waals surface area contributed by atoms with E-state index in [4.69, 9.17) is 5.11 Å². The summed E-state index contributed by atoms with van der Waals surface area (Å²) in [6.07, 6.45) is 3.28. The van der Waals surface area contributed by atoms with E-state index in [9.17, 15) is 19.7 Å². The summed E-state index contributed by atoms with van der Waals surface area (Å²) in [6.45, 7) is 0.291. The largest absolute Gasteiger partial charge is 0.481 e. The van der Waals surface area contributed by atoms with Gasteiger partial charge < -0.3 is 10.4 Å². The normalized spacial score (nSPS) is 21.7. The van der Waals surface area contributed by atoms with Gasteiger partial charge in [-0.05, 0) is 18.8 Å². The fourth-order valence-electron chi connectivity index (χ4n) is 2.64. The highest BCUT2D eigenvalue weighted by molar-refractivity contribution is 7.13. The Hall–Kier alpha value is -1.96. The van der Waals surface area contributed by atoms with Gasteiger partial charge in [0.2, 0.25) is 0 Å². The average molecular weight is 312 g/mol. The summed E-state index contributed by atoms with van der Waals surface area (Å²) in [7, 11) is 0. The lowest BCUT2D eigenvalue weighted by molar-refractivity contribution is -0.380. The molecule has 0 aromatic carbocycles. The number of carboxylic acids is 1. The van der Waals surface area contributed by atoms with Gasteiger partial charge in [-0.3, -0.25) is 19.7 Å². The quantitative estimate of drug-likeness (QED) is 0.640. The number of carboxylic acid groups (broad SMARTS) is 1. The zero-order valence-electron chi connectivity index (χ0n) is 11.3. The van der Waals surface area contributed by atoms with Gasteiger partial charge in [-0.25, -0.2) is 0 Å². The summed E-state index contributed by atoms with van der Waals surface area (Å²) in [5.41, 5.74) is 0.245. The van der Waals surface area contributed by atoms with Crippen molar-refractivity contribution < 1.29 is 19.6 Å². The Balaban J connectivity index is 1.93. The van der Waals surface area contributed by atoms with Crippen LogP contribution in [-0.2, 0) is 4.79 Å². The summed E-state index contributed by atoms with van der Waals surface area (Å²) in [4.78, 5) is 33.1. The molecule has 1 amide bonds. The molecule has 7 nitrogen and oxygen atoms in total. The van der Waals surface area contributed by atoms with Crippen molar-refractivity contribution in [3.8, 4) is 0 Å². The van der Waals surface area contributed by atoms with Crippen molar-refractivity contribution in [3.05, 3.63) is 27.1 Å². The third-order valence-corrected chi connectivity index (χ3v) is 4.66. The molecule has 1 heterocycles. The molecule has 2 atom stereocenters. The third kappa shape index (κ3) is 3.78. The van der Waals surface area contributed by atoms with E-state index in [-0.39, 0.29) is 16.5 Å². The van der Waals surface area contributed by atoms with Gasteiger partial charge in [0.1, 0.15) is 0 Å².